The largest absolute Gasteiger partial charge is 0.491 e. The first-order valence-electron chi connectivity index (χ1n) is 7.05. The molecule has 3 rings (SSSR count). The van der Waals surface area contributed by atoms with Crippen LogP contribution in [0, 0.1) is 0 Å². The van der Waals surface area contributed by atoms with Gasteiger partial charge in [0.25, 0.3) is 0 Å². The number of hydrogen-bond acceptors (Lipinski definition) is 3. The molecule has 0 radical (unpaired) electrons. The van der Waals surface area contributed by atoms with Gasteiger partial charge in [0.1, 0.15) is 12.4 Å². The van der Waals surface area contributed by atoms with E-state index in [2.05, 4.69) is 16.9 Å². The lowest BCUT2D eigenvalue weighted by atomic mass is 10.2. The molecule has 0 spiro atoms. The van der Waals surface area contributed by atoms with Crippen molar-refractivity contribution in [2.24, 2.45) is 0 Å². The van der Waals surface area contributed by atoms with Gasteiger partial charge in [-0.05, 0) is 32.0 Å². The maximum Gasteiger partial charge on any atom is 0.130 e. The summed E-state index contributed by atoms with van der Waals surface area (Å²) < 4.78 is 5.97. The fourth-order valence-corrected chi connectivity index (χ4v) is 2.52. The Morgan fingerprint density at radius 1 is 1.35 bits per heavy atom. The van der Waals surface area contributed by atoms with Crippen LogP contribution >= 0.6 is 11.6 Å². The molecule has 0 saturated heterocycles. The molecule has 0 atom stereocenters. The molecule has 1 aromatic carbocycles. The summed E-state index contributed by atoms with van der Waals surface area (Å²) in [6.07, 6.45) is 2.65. The van der Waals surface area contributed by atoms with E-state index in [-0.39, 0.29) is 0 Å². The van der Waals surface area contributed by atoms with Crippen LogP contribution in [-0.2, 0) is 5.88 Å². The van der Waals surface area contributed by atoms with E-state index in [1.165, 1.54) is 12.8 Å². The van der Waals surface area contributed by atoms with Crippen molar-refractivity contribution >= 4 is 22.5 Å². The first-order valence-corrected chi connectivity index (χ1v) is 7.59. The topological polar surface area (TPSA) is 25.4 Å². The highest BCUT2D eigenvalue weighted by molar-refractivity contribution is 6.17. The van der Waals surface area contributed by atoms with Gasteiger partial charge < -0.3 is 9.64 Å². The van der Waals surface area contributed by atoms with Crippen LogP contribution in [0.3, 0.4) is 0 Å². The SMILES string of the molecule is CN(CCOc1cc(CCl)nc2ccccc12)C1CC1. The predicted molar refractivity (Wildman–Crippen MR) is 82.4 cm³/mol. The lowest BCUT2D eigenvalue weighted by Gasteiger charge is -2.16. The average molecular weight is 291 g/mol. The van der Waals surface area contributed by atoms with E-state index >= 15 is 0 Å². The molecule has 1 aliphatic rings. The number of likely N-dealkylation sites (N-methyl/N-ethyl adjacent to an activating group) is 1. The quantitative estimate of drug-likeness (QED) is 0.762. The van der Waals surface area contributed by atoms with Gasteiger partial charge in [-0.3, -0.25) is 4.98 Å². The molecule has 4 heteroatoms. The highest BCUT2D eigenvalue weighted by atomic mass is 35.5. The summed E-state index contributed by atoms with van der Waals surface area (Å²) in [7, 11) is 2.16. The van der Waals surface area contributed by atoms with Crippen molar-refractivity contribution in [1.82, 2.24) is 9.88 Å². The molecule has 0 N–H and O–H groups in total. The maximum absolute atomic E-state index is 5.97. The van der Waals surface area contributed by atoms with E-state index in [9.17, 15) is 0 Å². The second-order valence-corrected chi connectivity index (χ2v) is 5.59. The molecule has 0 unspecified atom stereocenters. The Hall–Kier alpha value is -1.32. The van der Waals surface area contributed by atoms with Gasteiger partial charge in [-0.1, -0.05) is 12.1 Å². The Kier molecular flexibility index (Phi) is 4.08. The summed E-state index contributed by atoms with van der Waals surface area (Å²) in [4.78, 5) is 6.88. The number of ether oxygens (including phenoxy) is 1. The molecule has 3 nitrogen and oxygen atoms in total. The molecule has 1 heterocycles. The number of aromatic nitrogens is 1. The van der Waals surface area contributed by atoms with E-state index in [1.807, 2.05) is 30.3 Å². The van der Waals surface area contributed by atoms with Crippen LogP contribution < -0.4 is 4.74 Å². The van der Waals surface area contributed by atoms with Crippen LogP contribution in [0.2, 0.25) is 0 Å². The molecule has 1 saturated carbocycles. The molecule has 1 aliphatic carbocycles. The minimum atomic E-state index is 0.406. The van der Waals surface area contributed by atoms with Crippen molar-refractivity contribution in [2.75, 3.05) is 20.2 Å². The van der Waals surface area contributed by atoms with Gasteiger partial charge in [-0.25, -0.2) is 0 Å². The highest BCUT2D eigenvalue weighted by Gasteiger charge is 2.25. The summed E-state index contributed by atoms with van der Waals surface area (Å²) in [5.74, 6) is 1.29. The van der Waals surface area contributed by atoms with E-state index in [4.69, 9.17) is 16.3 Å². The van der Waals surface area contributed by atoms with E-state index in [1.54, 1.807) is 0 Å². The molecule has 1 aromatic heterocycles. The zero-order chi connectivity index (χ0) is 13.9. The number of pyridine rings is 1. The number of hydrogen-bond donors (Lipinski definition) is 0. The van der Waals surface area contributed by atoms with Crippen molar-refractivity contribution < 1.29 is 4.74 Å². The van der Waals surface area contributed by atoms with Gasteiger partial charge in [0.15, 0.2) is 0 Å². The third kappa shape index (κ3) is 3.05. The van der Waals surface area contributed by atoms with Crippen LogP contribution in [0.25, 0.3) is 10.9 Å². The third-order valence-electron chi connectivity index (χ3n) is 3.74. The second-order valence-electron chi connectivity index (χ2n) is 5.32. The average Bonchev–Trinajstić information content (AvgIpc) is 3.31. The molecule has 0 aliphatic heterocycles. The predicted octanol–water partition coefficient (Wildman–Crippen LogP) is 3.45. The standard InChI is InChI=1S/C16H19ClN2O/c1-19(13-6-7-13)8-9-20-16-10-12(11-17)18-15-5-3-2-4-14(15)16/h2-5,10,13H,6-9,11H2,1H3. The molecule has 1 fully saturated rings. The third-order valence-corrected chi connectivity index (χ3v) is 4.01. The Balaban J connectivity index is 1.75. The summed E-state index contributed by atoms with van der Waals surface area (Å²) in [5.41, 5.74) is 1.80. The number of fused-ring (bicyclic) bond motifs is 1. The van der Waals surface area contributed by atoms with Crippen LogP contribution in [0.15, 0.2) is 30.3 Å². The van der Waals surface area contributed by atoms with Crippen LogP contribution in [0.4, 0.5) is 0 Å². The Bertz CT molecular complexity index is 598. The van der Waals surface area contributed by atoms with Gasteiger partial charge in [0, 0.05) is 24.0 Å². The van der Waals surface area contributed by atoms with Gasteiger partial charge in [0.2, 0.25) is 0 Å². The van der Waals surface area contributed by atoms with Crippen LogP contribution in [0.5, 0.6) is 5.75 Å². The van der Waals surface area contributed by atoms with Crippen molar-refractivity contribution in [3.8, 4) is 5.75 Å². The second kappa shape index (κ2) is 5.98. The summed E-state index contributed by atoms with van der Waals surface area (Å²) in [6, 6.07) is 10.7. The molecule has 0 amide bonds. The first kappa shape index (κ1) is 13.7. The Labute approximate surface area is 124 Å². The zero-order valence-electron chi connectivity index (χ0n) is 11.7. The maximum atomic E-state index is 5.97. The molecular formula is C16H19ClN2O. The minimum Gasteiger partial charge on any atom is -0.491 e. The monoisotopic (exact) mass is 290 g/mol. The molecular weight excluding hydrogens is 272 g/mol. The fourth-order valence-electron chi connectivity index (χ4n) is 2.38. The van der Waals surface area contributed by atoms with E-state index in [0.29, 0.717) is 12.5 Å². The molecule has 106 valence electrons. The van der Waals surface area contributed by atoms with Gasteiger partial charge in [-0.2, -0.15) is 0 Å². The highest BCUT2D eigenvalue weighted by Crippen LogP contribution is 2.27. The van der Waals surface area contributed by atoms with E-state index < -0.39 is 0 Å². The Morgan fingerprint density at radius 2 is 2.15 bits per heavy atom. The number of nitrogens with zero attached hydrogens (tertiary/aromatic N) is 2. The smallest absolute Gasteiger partial charge is 0.130 e. The molecule has 20 heavy (non-hydrogen) atoms. The van der Waals surface area contributed by atoms with Gasteiger partial charge >= 0.3 is 0 Å². The molecule has 2 aromatic rings. The summed E-state index contributed by atoms with van der Waals surface area (Å²) in [5, 5.41) is 1.05. The normalized spacial score (nSPS) is 14.9. The summed E-state index contributed by atoms with van der Waals surface area (Å²) in [6.45, 7) is 1.65. The zero-order valence-corrected chi connectivity index (χ0v) is 12.4. The Morgan fingerprint density at radius 3 is 2.90 bits per heavy atom. The first-order chi connectivity index (χ1) is 9.78. The number of rotatable bonds is 6. The number of benzene rings is 1. The van der Waals surface area contributed by atoms with Crippen molar-refractivity contribution in [3.05, 3.63) is 36.0 Å². The van der Waals surface area contributed by atoms with Gasteiger partial charge in [0.05, 0.1) is 17.1 Å². The number of alkyl halides is 1. The summed E-state index contributed by atoms with van der Waals surface area (Å²) >= 11 is 5.91. The van der Waals surface area contributed by atoms with Crippen LogP contribution in [0.1, 0.15) is 18.5 Å². The van der Waals surface area contributed by atoms with Crippen molar-refractivity contribution in [3.63, 3.8) is 0 Å². The van der Waals surface area contributed by atoms with E-state index in [0.717, 1.165) is 34.9 Å². The minimum absolute atomic E-state index is 0.406. The van der Waals surface area contributed by atoms with Crippen molar-refractivity contribution in [1.29, 1.82) is 0 Å². The number of para-hydroxylation sites is 1. The van der Waals surface area contributed by atoms with Crippen molar-refractivity contribution in [2.45, 2.75) is 24.8 Å². The lowest BCUT2D eigenvalue weighted by Crippen LogP contribution is -2.26. The molecule has 0 bridgehead atoms. The fraction of sp³-hybridized carbons (Fsp3) is 0.438. The van der Waals surface area contributed by atoms with Crippen LogP contribution in [-0.4, -0.2) is 36.1 Å². The number of halogens is 1. The lowest BCUT2D eigenvalue weighted by molar-refractivity contribution is 0.233. The van der Waals surface area contributed by atoms with Gasteiger partial charge in [-0.15, -0.1) is 11.6 Å².